The van der Waals surface area contributed by atoms with Crippen LogP contribution in [0.1, 0.15) is 32.7 Å². The molecule has 0 saturated heterocycles. The third kappa shape index (κ3) is 2.35. The number of carbonyl (C=O) groups excluding carboxylic acids is 1. The van der Waals surface area contributed by atoms with E-state index in [9.17, 15) is 4.79 Å². The smallest absolute Gasteiger partial charge is 0.256 e. The molecule has 1 aromatic carbocycles. The molecule has 0 spiro atoms. The van der Waals surface area contributed by atoms with Gasteiger partial charge in [-0.2, -0.15) is 0 Å². The number of amides is 1. The number of pyridine rings is 1. The van der Waals surface area contributed by atoms with Crippen molar-refractivity contribution in [2.75, 3.05) is 5.73 Å². The number of hydrogen-bond acceptors (Lipinski definition) is 6. The molecule has 1 aliphatic heterocycles. The predicted octanol–water partition coefficient (Wildman–Crippen LogP) is 2.26. The van der Waals surface area contributed by atoms with Crippen molar-refractivity contribution >= 4 is 22.4 Å². The van der Waals surface area contributed by atoms with E-state index in [-0.39, 0.29) is 11.9 Å². The van der Waals surface area contributed by atoms with Gasteiger partial charge in [0, 0.05) is 6.20 Å². The van der Waals surface area contributed by atoms with Gasteiger partial charge in [0.2, 0.25) is 5.13 Å². The molecule has 3 heterocycles. The molecular formula is C16H13N5OS. The number of benzene rings is 1. The first-order valence-corrected chi connectivity index (χ1v) is 7.94. The van der Waals surface area contributed by atoms with Gasteiger partial charge in [0.15, 0.2) is 0 Å². The molecule has 7 heteroatoms. The van der Waals surface area contributed by atoms with E-state index in [4.69, 9.17) is 5.73 Å². The summed E-state index contributed by atoms with van der Waals surface area (Å²) in [6.07, 6.45) is 1.70. The van der Waals surface area contributed by atoms with E-state index in [0.29, 0.717) is 22.2 Å². The molecule has 0 fully saturated rings. The number of fused-ring (bicyclic) bond motifs is 1. The number of aromatic nitrogens is 3. The van der Waals surface area contributed by atoms with Crippen LogP contribution in [-0.2, 0) is 6.54 Å². The summed E-state index contributed by atoms with van der Waals surface area (Å²) in [6.45, 7) is 0.452. The van der Waals surface area contributed by atoms with Crippen LogP contribution >= 0.6 is 11.3 Å². The normalized spacial score (nSPS) is 14.8. The number of nitrogen functional groups attached to an aromatic ring is 1. The standard InChI is InChI=1S/C16H13N5OS/c17-16-20-19-14(23-16)13(10-5-2-1-3-6-10)21-9-12-11(15(21)22)7-4-8-18-12/h1-8,13H,9H2,(H2,17,20). The largest absolute Gasteiger partial charge is 0.374 e. The van der Waals surface area contributed by atoms with Crippen molar-refractivity contribution in [3.8, 4) is 0 Å². The molecule has 2 N–H and O–H groups in total. The minimum absolute atomic E-state index is 0.0456. The van der Waals surface area contributed by atoms with Crippen molar-refractivity contribution in [1.82, 2.24) is 20.1 Å². The Morgan fingerprint density at radius 1 is 1.13 bits per heavy atom. The maximum Gasteiger partial charge on any atom is 0.256 e. The highest BCUT2D eigenvalue weighted by atomic mass is 32.1. The minimum Gasteiger partial charge on any atom is -0.374 e. The summed E-state index contributed by atoms with van der Waals surface area (Å²) in [7, 11) is 0. The van der Waals surface area contributed by atoms with E-state index in [0.717, 1.165) is 11.3 Å². The van der Waals surface area contributed by atoms with Gasteiger partial charge < -0.3 is 10.6 Å². The summed E-state index contributed by atoms with van der Waals surface area (Å²) in [6, 6.07) is 13.1. The molecule has 1 unspecified atom stereocenters. The second kappa shape index (κ2) is 5.44. The van der Waals surface area contributed by atoms with Gasteiger partial charge in [0.05, 0.1) is 17.8 Å². The fourth-order valence-corrected chi connectivity index (χ4v) is 3.56. The number of nitrogens with zero attached hydrogens (tertiary/aromatic N) is 4. The molecule has 6 nitrogen and oxygen atoms in total. The topological polar surface area (TPSA) is 85.0 Å². The SMILES string of the molecule is Nc1nnc(C(c2ccccc2)N2Cc3ncccc3C2=O)s1. The lowest BCUT2D eigenvalue weighted by molar-refractivity contribution is 0.0729. The number of carbonyl (C=O) groups is 1. The minimum atomic E-state index is -0.312. The highest BCUT2D eigenvalue weighted by Gasteiger charge is 2.36. The molecule has 0 aliphatic carbocycles. The summed E-state index contributed by atoms with van der Waals surface area (Å²) in [5.74, 6) is -0.0456. The lowest BCUT2D eigenvalue weighted by Crippen LogP contribution is -2.30. The molecular weight excluding hydrogens is 310 g/mol. The van der Waals surface area contributed by atoms with Gasteiger partial charge in [-0.25, -0.2) is 0 Å². The summed E-state index contributed by atoms with van der Waals surface area (Å²) in [5, 5.41) is 9.16. The Kier molecular flexibility index (Phi) is 3.27. The van der Waals surface area contributed by atoms with Crippen LogP contribution in [0.4, 0.5) is 5.13 Å². The van der Waals surface area contributed by atoms with Gasteiger partial charge in [0.25, 0.3) is 5.91 Å². The molecule has 0 saturated carbocycles. The average Bonchev–Trinajstić information content (AvgIpc) is 3.14. The average molecular weight is 323 g/mol. The molecule has 0 radical (unpaired) electrons. The first-order chi connectivity index (χ1) is 11.2. The Morgan fingerprint density at radius 3 is 2.65 bits per heavy atom. The lowest BCUT2D eigenvalue weighted by Gasteiger charge is -2.25. The Hall–Kier alpha value is -2.80. The van der Waals surface area contributed by atoms with Crippen LogP contribution in [0.2, 0.25) is 0 Å². The van der Waals surface area contributed by atoms with Crippen molar-refractivity contribution in [3.63, 3.8) is 0 Å². The Bertz CT molecular complexity index is 864. The molecule has 0 bridgehead atoms. The van der Waals surface area contributed by atoms with Gasteiger partial charge >= 0.3 is 0 Å². The van der Waals surface area contributed by atoms with Crippen LogP contribution < -0.4 is 5.73 Å². The van der Waals surface area contributed by atoms with Crippen molar-refractivity contribution in [2.45, 2.75) is 12.6 Å². The number of hydrogen-bond donors (Lipinski definition) is 1. The van der Waals surface area contributed by atoms with Crippen LogP contribution in [-0.4, -0.2) is 26.0 Å². The molecule has 23 heavy (non-hydrogen) atoms. The van der Waals surface area contributed by atoms with E-state index in [2.05, 4.69) is 15.2 Å². The molecule has 4 rings (SSSR count). The third-order valence-corrected chi connectivity index (χ3v) is 4.62. The van der Waals surface area contributed by atoms with Crippen LogP contribution in [0.5, 0.6) is 0 Å². The molecule has 1 aliphatic rings. The van der Waals surface area contributed by atoms with Gasteiger partial charge in [-0.15, -0.1) is 10.2 Å². The van der Waals surface area contributed by atoms with Gasteiger partial charge in [-0.05, 0) is 17.7 Å². The highest BCUT2D eigenvalue weighted by Crippen LogP contribution is 2.36. The number of anilines is 1. The van der Waals surface area contributed by atoms with Crippen LogP contribution in [0, 0.1) is 0 Å². The maximum absolute atomic E-state index is 12.8. The fourth-order valence-electron chi connectivity index (χ4n) is 2.80. The lowest BCUT2D eigenvalue weighted by atomic mass is 10.1. The maximum atomic E-state index is 12.8. The highest BCUT2D eigenvalue weighted by molar-refractivity contribution is 7.15. The Balaban J connectivity index is 1.80. The van der Waals surface area contributed by atoms with E-state index in [1.165, 1.54) is 11.3 Å². The van der Waals surface area contributed by atoms with Crippen molar-refractivity contribution < 1.29 is 4.79 Å². The zero-order valence-electron chi connectivity index (χ0n) is 12.1. The van der Waals surface area contributed by atoms with Gasteiger partial charge in [-0.3, -0.25) is 9.78 Å². The van der Waals surface area contributed by atoms with E-state index in [1.807, 2.05) is 30.3 Å². The van der Waals surface area contributed by atoms with Crippen molar-refractivity contribution in [2.24, 2.45) is 0 Å². The fraction of sp³-hybridized carbons (Fsp3) is 0.125. The summed E-state index contributed by atoms with van der Waals surface area (Å²) < 4.78 is 0. The molecule has 2 aromatic heterocycles. The van der Waals surface area contributed by atoms with Crippen LogP contribution in [0.25, 0.3) is 0 Å². The third-order valence-electron chi connectivity index (χ3n) is 3.82. The monoisotopic (exact) mass is 323 g/mol. The summed E-state index contributed by atoms with van der Waals surface area (Å²) in [5.41, 5.74) is 8.15. The first-order valence-electron chi connectivity index (χ1n) is 7.13. The Morgan fingerprint density at radius 2 is 1.96 bits per heavy atom. The quantitative estimate of drug-likeness (QED) is 0.799. The van der Waals surface area contributed by atoms with E-state index in [1.54, 1.807) is 23.2 Å². The molecule has 1 atom stereocenters. The second-order valence-corrected chi connectivity index (χ2v) is 6.26. The number of nitrogens with two attached hydrogens (primary N) is 1. The summed E-state index contributed by atoms with van der Waals surface area (Å²) in [4.78, 5) is 18.9. The van der Waals surface area contributed by atoms with Crippen molar-refractivity contribution in [3.05, 3.63) is 70.5 Å². The first kappa shape index (κ1) is 13.8. The number of rotatable bonds is 3. The molecule has 3 aromatic rings. The van der Waals surface area contributed by atoms with E-state index >= 15 is 0 Å². The van der Waals surface area contributed by atoms with Crippen molar-refractivity contribution in [1.29, 1.82) is 0 Å². The zero-order valence-corrected chi connectivity index (χ0v) is 12.9. The van der Waals surface area contributed by atoms with Crippen LogP contribution in [0.15, 0.2) is 48.7 Å². The van der Waals surface area contributed by atoms with Gasteiger partial charge in [-0.1, -0.05) is 41.7 Å². The molecule has 114 valence electrons. The second-order valence-electron chi connectivity index (χ2n) is 5.22. The summed E-state index contributed by atoms with van der Waals surface area (Å²) >= 11 is 1.30. The van der Waals surface area contributed by atoms with Gasteiger partial charge in [0.1, 0.15) is 11.0 Å². The Labute approximate surface area is 136 Å². The predicted molar refractivity (Wildman–Crippen MR) is 86.7 cm³/mol. The van der Waals surface area contributed by atoms with E-state index < -0.39 is 0 Å². The van der Waals surface area contributed by atoms with Crippen LogP contribution in [0.3, 0.4) is 0 Å². The zero-order chi connectivity index (χ0) is 15.8. The molecule has 1 amide bonds.